The van der Waals surface area contributed by atoms with Crippen LogP contribution in [0.2, 0.25) is 0 Å². The molecule has 2 aliphatic rings. The second-order valence-electron chi connectivity index (χ2n) is 10.0. The van der Waals surface area contributed by atoms with Crippen LogP contribution in [-0.2, 0) is 9.59 Å². The van der Waals surface area contributed by atoms with Gasteiger partial charge in [-0.25, -0.2) is 4.98 Å². The standard InChI is InChI=1S/C27H32N4O2/c1-16-8-7-9-22(28-16)30-26(33)23-17(2)29-20-14-27(3,4)15-21(32)25(20)24(23)18-10-12-19(13-11-18)31(5)6/h7-13,24,29H,14-15H2,1-6H3,(H,28,30,33). The minimum absolute atomic E-state index is 0.0990. The van der Waals surface area contributed by atoms with Crippen molar-refractivity contribution < 1.29 is 9.59 Å². The molecule has 1 aromatic heterocycles. The number of carbonyl (C=O) groups is 2. The average Bonchev–Trinajstić information content (AvgIpc) is 2.71. The summed E-state index contributed by atoms with van der Waals surface area (Å²) in [6.45, 7) is 8.02. The van der Waals surface area contributed by atoms with Crippen molar-refractivity contribution in [2.75, 3.05) is 24.3 Å². The Morgan fingerprint density at radius 1 is 1.09 bits per heavy atom. The Morgan fingerprint density at radius 2 is 1.79 bits per heavy atom. The van der Waals surface area contributed by atoms with Gasteiger partial charge in [0, 0.05) is 60.4 Å². The van der Waals surface area contributed by atoms with Crippen molar-refractivity contribution >= 4 is 23.2 Å². The molecular weight excluding hydrogens is 412 g/mol. The summed E-state index contributed by atoms with van der Waals surface area (Å²) in [5, 5.41) is 6.36. The van der Waals surface area contributed by atoms with Crippen molar-refractivity contribution in [3.63, 3.8) is 0 Å². The molecule has 1 amide bonds. The molecule has 1 unspecified atom stereocenters. The van der Waals surface area contributed by atoms with E-state index in [1.54, 1.807) is 6.07 Å². The highest BCUT2D eigenvalue weighted by molar-refractivity contribution is 6.09. The number of hydrogen-bond acceptors (Lipinski definition) is 5. The molecule has 1 aromatic carbocycles. The van der Waals surface area contributed by atoms with Crippen LogP contribution in [0.1, 0.15) is 50.8 Å². The molecule has 172 valence electrons. The molecule has 1 aliphatic carbocycles. The fourth-order valence-electron chi connectivity index (χ4n) is 4.83. The zero-order chi connectivity index (χ0) is 23.9. The molecule has 0 saturated carbocycles. The van der Waals surface area contributed by atoms with Crippen LogP contribution in [0, 0.1) is 12.3 Å². The minimum atomic E-state index is -0.425. The Hall–Kier alpha value is -3.41. The molecule has 0 radical (unpaired) electrons. The Bertz CT molecular complexity index is 1170. The summed E-state index contributed by atoms with van der Waals surface area (Å²) in [7, 11) is 3.98. The number of dihydropyridines is 1. The molecule has 2 heterocycles. The van der Waals surface area contributed by atoms with E-state index in [2.05, 4.69) is 29.5 Å². The molecule has 1 aliphatic heterocycles. The molecular formula is C27H32N4O2. The van der Waals surface area contributed by atoms with Gasteiger partial charge in [0.05, 0.1) is 0 Å². The summed E-state index contributed by atoms with van der Waals surface area (Å²) >= 11 is 0. The van der Waals surface area contributed by atoms with Gasteiger partial charge < -0.3 is 15.5 Å². The van der Waals surface area contributed by atoms with E-state index in [0.29, 0.717) is 23.4 Å². The number of carbonyl (C=O) groups excluding carboxylic acids is 2. The molecule has 2 aromatic rings. The third-order valence-electron chi connectivity index (χ3n) is 6.36. The number of nitrogens with one attached hydrogen (secondary N) is 2. The quantitative estimate of drug-likeness (QED) is 0.715. The number of amides is 1. The van der Waals surface area contributed by atoms with Gasteiger partial charge in [-0.2, -0.15) is 0 Å². The van der Waals surface area contributed by atoms with Crippen LogP contribution < -0.4 is 15.5 Å². The predicted octanol–water partition coefficient (Wildman–Crippen LogP) is 4.70. The molecule has 6 nitrogen and oxygen atoms in total. The van der Waals surface area contributed by atoms with Crippen molar-refractivity contribution in [2.45, 2.75) is 46.5 Å². The minimum Gasteiger partial charge on any atom is -0.378 e. The van der Waals surface area contributed by atoms with Crippen molar-refractivity contribution in [1.29, 1.82) is 0 Å². The normalized spacial score (nSPS) is 19.7. The Morgan fingerprint density at radius 3 is 2.42 bits per heavy atom. The second kappa shape index (κ2) is 8.50. The third kappa shape index (κ3) is 4.56. The summed E-state index contributed by atoms with van der Waals surface area (Å²) in [5.41, 5.74) is 5.67. The fourth-order valence-corrected chi connectivity index (χ4v) is 4.83. The first-order valence-electron chi connectivity index (χ1n) is 11.3. The lowest BCUT2D eigenvalue weighted by Gasteiger charge is -2.39. The number of rotatable bonds is 4. The predicted molar refractivity (Wildman–Crippen MR) is 132 cm³/mol. The summed E-state index contributed by atoms with van der Waals surface area (Å²) in [6.07, 6.45) is 1.24. The van der Waals surface area contributed by atoms with Crippen molar-refractivity contribution in [3.8, 4) is 0 Å². The molecule has 0 saturated heterocycles. The fraction of sp³-hybridized carbons (Fsp3) is 0.370. The summed E-state index contributed by atoms with van der Waals surface area (Å²) < 4.78 is 0. The number of aromatic nitrogens is 1. The maximum atomic E-state index is 13.6. The van der Waals surface area contributed by atoms with Crippen LogP contribution in [0.5, 0.6) is 0 Å². The molecule has 33 heavy (non-hydrogen) atoms. The molecule has 4 rings (SSSR count). The van der Waals surface area contributed by atoms with Gasteiger partial charge in [0.1, 0.15) is 5.82 Å². The number of hydrogen-bond donors (Lipinski definition) is 2. The van der Waals surface area contributed by atoms with Crippen LogP contribution in [-0.4, -0.2) is 30.8 Å². The Balaban J connectivity index is 1.80. The van der Waals surface area contributed by atoms with E-state index in [4.69, 9.17) is 0 Å². The van der Waals surface area contributed by atoms with Crippen LogP contribution in [0.25, 0.3) is 0 Å². The Labute approximate surface area is 195 Å². The molecule has 0 bridgehead atoms. The lowest BCUT2D eigenvalue weighted by atomic mass is 9.68. The van der Waals surface area contributed by atoms with Crippen LogP contribution in [0.3, 0.4) is 0 Å². The molecule has 1 atom stereocenters. The SMILES string of the molecule is CC1=C(C(=O)Nc2cccc(C)n2)C(c2ccc(N(C)C)cc2)C2=C(CC(C)(C)CC2=O)N1. The number of pyridine rings is 1. The van der Waals surface area contributed by atoms with Gasteiger partial charge in [0.15, 0.2) is 5.78 Å². The van der Waals surface area contributed by atoms with E-state index < -0.39 is 5.92 Å². The average molecular weight is 445 g/mol. The maximum absolute atomic E-state index is 13.6. The lowest BCUT2D eigenvalue weighted by Crippen LogP contribution is -2.39. The largest absolute Gasteiger partial charge is 0.378 e. The zero-order valence-electron chi connectivity index (χ0n) is 20.2. The number of ketones is 1. The first-order chi connectivity index (χ1) is 15.6. The summed E-state index contributed by atoms with van der Waals surface area (Å²) in [4.78, 5) is 33.4. The highest BCUT2D eigenvalue weighted by Crippen LogP contribution is 2.46. The molecule has 0 fully saturated rings. The highest BCUT2D eigenvalue weighted by Gasteiger charge is 2.42. The number of nitrogens with zero attached hydrogens (tertiary/aromatic N) is 2. The van der Waals surface area contributed by atoms with E-state index in [1.165, 1.54) is 0 Å². The first-order valence-corrected chi connectivity index (χ1v) is 11.3. The van der Waals surface area contributed by atoms with Gasteiger partial charge in [-0.05, 0) is 55.5 Å². The van der Waals surface area contributed by atoms with Crippen molar-refractivity contribution in [3.05, 3.63) is 76.3 Å². The van der Waals surface area contributed by atoms with E-state index in [9.17, 15) is 9.59 Å². The van der Waals surface area contributed by atoms with E-state index >= 15 is 0 Å². The third-order valence-corrected chi connectivity index (χ3v) is 6.36. The number of benzene rings is 1. The van der Waals surface area contributed by atoms with Crippen LogP contribution in [0.4, 0.5) is 11.5 Å². The van der Waals surface area contributed by atoms with E-state index in [1.807, 2.05) is 69.2 Å². The van der Waals surface area contributed by atoms with Gasteiger partial charge in [-0.15, -0.1) is 0 Å². The number of Topliss-reactive ketones (excluding diaryl/α,β-unsaturated/α-hetero) is 1. The Kier molecular flexibility index (Phi) is 5.87. The van der Waals surface area contributed by atoms with Gasteiger partial charge in [-0.1, -0.05) is 32.0 Å². The lowest BCUT2D eigenvalue weighted by molar-refractivity contribution is -0.118. The van der Waals surface area contributed by atoms with E-state index in [0.717, 1.165) is 34.8 Å². The molecule has 6 heteroatoms. The summed E-state index contributed by atoms with van der Waals surface area (Å²) in [5.74, 6) is -0.0744. The van der Waals surface area contributed by atoms with Crippen LogP contribution in [0.15, 0.2) is 65.0 Å². The number of allylic oxidation sites excluding steroid dienone is 3. The monoisotopic (exact) mass is 444 g/mol. The molecule has 2 N–H and O–H groups in total. The molecule has 0 spiro atoms. The van der Waals surface area contributed by atoms with Crippen molar-refractivity contribution in [1.82, 2.24) is 10.3 Å². The maximum Gasteiger partial charge on any atom is 0.255 e. The summed E-state index contributed by atoms with van der Waals surface area (Å²) in [6, 6.07) is 13.6. The van der Waals surface area contributed by atoms with Gasteiger partial charge in [0.25, 0.3) is 5.91 Å². The van der Waals surface area contributed by atoms with Crippen LogP contribution >= 0.6 is 0 Å². The zero-order valence-corrected chi connectivity index (χ0v) is 20.2. The van der Waals surface area contributed by atoms with Gasteiger partial charge in [0.2, 0.25) is 0 Å². The van der Waals surface area contributed by atoms with E-state index in [-0.39, 0.29) is 17.1 Å². The van der Waals surface area contributed by atoms with Crippen molar-refractivity contribution in [2.24, 2.45) is 5.41 Å². The topological polar surface area (TPSA) is 74.3 Å². The first kappa shape index (κ1) is 22.8. The van der Waals surface area contributed by atoms with Gasteiger partial charge in [-0.3, -0.25) is 9.59 Å². The second-order valence-corrected chi connectivity index (χ2v) is 10.0. The number of aryl methyl sites for hydroxylation is 1. The smallest absolute Gasteiger partial charge is 0.255 e. The highest BCUT2D eigenvalue weighted by atomic mass is 16.2. The van der Waals surface area contributed by atoms with Gasteiger partial charge >= 0.3 is 0 Å². The number of anilines is 2.